The number of aliphatic hydroxyl groups is 1. The van der Waals surface area contributed by atoms with Gasteiger partial charge in [-0.3, -0.25) is 0 Å². The smallest absolute Gasteiger partial charge is 0.0900 e. The third-order valence-corrected chi connectivity index (χ3v) is 4.02. The zero-order valence-electron chi connectivity index (χ0n) is 13.0. The van der Waals surface area contributed by atoms with Gasteiger partial charge in [0.1, 0.15) is 0 Å². The van der Waals surface area contributed by atoms with Crippen LogP contribution in [0.4, 0.5) is 0 Å². The fourth-order valence-corrected chi connectivity index (χ4v) is 2.69. The Kier molecular flexibility index (Phi) is 7.29. The predicted octanol–water partition coefficient (Wildman–Crippen LogP) is 1.77. The van der Waals surface area contributed by atoms with Crippen LogP contribution < -0.4 is 0 Å². The average Bonchev–Trinajstić information content (AvgIpc) is 2.34. The van der Waals surface area contributed by atoms with Gasteiger partial charge in [-0.1, -0.05) is 20.8 Å². The molecule has 0 radical (unpaired) electrons. The van der Waals surface area contributed by atoms with Crippen molar-refractivity contribution in [2.45, 2.75) is 39.7 Å². The largest absolute Gasteiger partial charge is 0.389 e. The molecule has 1 fully saturated rings. The lowest BCUT2D eigenvalue weighted by Crippen LogP contribution is -2.42. The van der Waals surface area contributed by atoms with Gasteiger partial charge in [0, 0.05) is 13.7 Å². The molecule has 0 aromatic rings. The van der Waals surface area contributed by atoms with E-state index in [2.05, 4.69) is 25.7 Å². The summed E-state index contributed by atoms with van der Waals surface area (Å²) in [6.07, 6.45) is 2.09. The highest BCUT2D eigenvalue weighted by Crippen LogP contribution is 2.34. The molecule has 1 rings (SSSR count). The Morgan fingerprint density at radius 1 is 1.21 bits per heavy atom. The number of nitrogens with zero attached hydrogens (tertiary/aromatic N) is 1. The van der Waals surface area contributed by atoms with Gasteiger partial charge in [-0.2, -0.15) is 0 Å². The second-order valence-electron chi connectivity index (χ2n) is 6.66. The molecule has 0 amide bonds. The minimum atomic E-state index is -0.386. The number of rotatable bonds is 7. The van der Waals surface area contributed by atoms with Crippen molar-refractivity contribution in [1.29, 1.82) is 0 Å². The van der Waals surface area contributed by atoms with Crippen molar-refractivity contribution >= 4 is 0 Å². The molecule has 1 heterocycles. The highest BCUT2D eigenvalue weighted by atomic mass is 16.5. The van der Waals surface area contributed by atoms with Gasteiger partial charge in [0.25, 0.3) is 0 Å². The SMILES string of the molecule is COCCOCC(O)CN1CCC(C(C)(C)C)CC1. The number of β-amino-alcohol motifs (C(OH)–C–C–N with tert-alkyl or cyclic N) is 1. The Hall–Kier alpha value is -0.160. The molecule has 0 aliphatic carbocycles. The van der Waals surface area contributed by atoms with Gasteiger partial charge < -0.3 is 19.5 Å². The number of piperidine rings is 1. The minimum absolute atomic E-state index is 0.386. The van der Waals surface area contributed by atoms with Crippen molar-refractivity contribution in [2.75, 3.05) is 46.6 Å². The van der Waals surface area contributed by atoms with Gasteiger partial charge in [0.2, 0.25) is 0 Å². The summed E-state index contributed by atoms with van der Waals surface area (Å²) < 4.78 is 10.3. The summed E-state index contributed by atoms with van der Waals surface area (Å²) in [6.45, 7) is 11.4. The summed E-state index contributed by atoms with van der Waals surface area (Å²) in [5, 5.41) is 9.92. The number of likely N-dealkylation sites (tertiary alicyclic amines) is 1. The van der Waals surface area contributed by atoms with Crippen molar-refractivity contribution in [2.24, 2.45) is 11.3 Å². The van der Waals surface area contributed by atoms with E-state index < -0.39 is 0 Å². The van der Waals surface area contributed by atoms with E-state index in [9.17, 15) is 5.11 Å². The van der Waals surface area contributed by atoms with E-state index >= 15 is 0 Å². The first-order valence-electron chi connectivity index (χ1n) is 7.40. The summed E-state index contributed by atoms with van der Waals surface area (Å²) in [5.41, 5.74) is 0.411. The number of hydrogen-bond acceptors (Lipinski definition) is 4. The number of methoxy groups -OCH3 is 1. The molecule has 0 saturated carbocycles. The van der Waals surface area contributed by atoms with Crippen LogP contribution in [0.3, 0.4) is 0 Å². The van der Waals surface area contributed by atoms with Crippen molar-refractivity contribution in [3.63, 3.8) is 0 Å². The average molecular weight is 273 g/mol. The minimum Gasteiger partial charge on any atom is -0.389 e. The molecule has 1 aliphatic rings. The van der Waals surface area contributed by atoms with Crippen LogP contribution in [0.25, 0.3) is 0 Å². The molecule has 1 N–H and O–H groups in total. The van der Waals surface area contributed by atoms with Gasteiger partial charge >= 0.3 is 0 Å². The Labute approximate surface area is 118 Å². The van der Waals surface area contributed by atoms with Gasteiger partial charge in [-0.05, 0) is 37.3 Å². The monoisotopic (exact) mass is 273 g/mol. The number of ether oxygens (including phenoxy) is 2. The lowest BCUT2D eigenvalue weighted by molar-refractivity contribution is -0.00778. The summed E-state index contributed by atoms with van der Waals surface area (Å²) in [4.78, 5) is 2.35. The van der Waals surface area contributed by atoms with Gasteiger partial charge in [0.15, 0.2) is 0 Å². The van der Waals surface area contributed by atoms with Gasteiger partial charge in [0.05, 0.1) is 25.9 Å². The van der Waals surface area contributed by atoms with E-state index in [1.807, 2.05) is 0 Å². The first kappa shape index (κ1) is 16.9. The first-order chi connectivity index (χ1) is 8.93. The summed E-state index contributed by atoms with van der Waals surface area (Å²) in [7, 11) is 1.65. The summed E-state index contributed by atoms with van der Waals surface area (Å²) >= 11 is 0. The maximum absolute atomic E-state index is 9.92. The highest BCUT2D eigenvalue weighted by molar-refractivity contribution is 4.81. The molecule has 0 aromatic carbocycles. The molecular formula is C15H31NO3. The standard InChI is InChI=1S/C15H31NO3/c1-15(2,3)13-5-7-16(8-6-13)11-14(17)12-19-10-9-18-4/h13-14,17H,5-12H2,1-4H3. The van der Waals surface area contributed by atoms with Crippen LogP contribution in [-0.4, -0.2) is 62.7 Å². The van der Waals surface area contributed by atoms with Crippen molar-refractivity contribution in [3.8, 4) is 0 Å². The third-order valence-electron chi connectivity index (χ3n) is 4.02. The molecule has 1 aliphatic heterocycles. The summed E-state index contributed by atoms with van der Waals surface area (Å²) in [5.74, 6) is 0.804. The number of aliphatic hydroxyl groups excluding tert-OH is 1. The van der Waals surface area contributed by atoms with Crippen LogP contribution in [0.5, 0.6) is 0 Å². The fraction of sp³-hybridized carbons (Fsp3) is 1.00. The highest BCUT2D eigenvalue weighted by Gasteiger charge is 2.29. The summed E-state index contributed by atoms with van der Waals surface area (Å²) in [6, 6.07) is 0. The molecule has 1 unspecified atom stereocenters. The van der Waals surface area contributed by atoms with Crippen LogP contribution in [0.1, 0.15) is 33.6 Å². The molecule has 4 heteroatoms. The number of hydrogen-bond donors (Lipinski definition) is 1. The fourth-order valence-electron chi connectivity index (χ4n) is 2.69. The molecule has 1 atom stereocenters. The van der Waals surface area contributed by atoms with Crippen LogP contribution in [0.2, 0.25) is 0 Å². The first-order valence-corrected chi connectivity index (χ1v) is 7.40. The van der Waals surface area contributed by atoms with E-state index in [4.69, 9.17) is 9.47 Å². The van der Waals surface area contributed by atoms with Crippen LogP contribution in [-0.2, 0) is 9.47 Å². The molecule has 114 valence electrons. The molecule has 0 bridgehead atoms. The second kappa shape index (κ2) is 8.20. The normalized spacial score (nSPS) is 20.7. The van der Waals surface area contributed by atoms with Gasteiger partial charge in [-0.25, -0.2) is 0 Å². The lowest BCUT2D eigenvalue weighted by atomic mass is 9.75. The Morgan fingerprint density at radius 2 is 1.84 bits per heavy atom. The van der Waals surface area contributed by atoms with Crippen LogP contribution in [0.15, 0.2) is 0 Å². The zero-order valence-corrected chi connectivity index (χ0v) is 13.0. The van der Waals surface area contributed by atoms with E-state index in [-0.39, 0.29) is 6.10 Å². The topological polar surface area (TPSA) is 41.9 Å². The lowest BCUT2D eigenvalue weighted by Gasteiger charge is -2.39. The molecular weight excluding hydrogens is 242 g/mol. The van der Waals surface area contributed by atoms with Crippen molar-refractivity contribution < 1.29 is 14.6 Å². The maximum atomic E-state index is 9.92. The molecule has 4 nitrogen and oxygen atoms in total. The maximum Gasteiger partial charge on any atom is 0.0900 e. The Morgan fingerprint density at radius 3 is 2.37 bits per heavy atom. The molecule has 0 spiro atoms. The van der Waals surface area contributed by atoms with Crippen LogP contribution >= 0.6 is 0 Å². The van der Waals surface area contributed by atoms with E-state index in [0.717, 1.165) is 25.6 Å². The quantitative estimate of drug-likeness (QED) is 0.718. The molecule has 1 saturated heterocycles. The van der Waals surface area contributed by atoms with Crippen molar-refractivity contribution in [3.05, 3.63) is 0 Å². The van der Waals surface area contributed by atoms with E-state index in [1.165, 1.54) is 12.8 Å². The predicted molar refractivity (Wildman–Crippen MR) is 77.3 cm³/mol. The Bertz CT molecular complexity index is 232. The van der Waals surface area contributed by atoms with Crippen molar-refractivity contribution in [1.82, 2.24) is 4.90 Å². The second-order valence-corrected chi connectivity index (χ2v) is 6.66. The van der Waals surface area contributed by atoms with E-state index in [1.54, 1.807) is 7.11 Å². The Balaban J connectivity index is 2.14. The molecule has 19 heavy (non-hydrogen) atoms. The third kappa shape index (κ3) is 6.70. The molecule has 0 aromatic heterocycles. The van der Waals surface area contributed by atoms with Crippen LogP contribution in [0, 0.1) is 11.3 Å². The zero-order chi connectivity index (χ0) is 14.3. The van der Waals surface area contributed by atoms with E-state index in [0.29, 0.717) is 25.2 Å². The van der Waals surface area contributed by atoms with Gasteiger partial charge in [-0.15, -0.1) is 0 Å².